The third-order valence-electron chi connectivity index (χ3n) is 4.27. The highest BCUT2D eigenvalue weighted by Crippen LogP contribution is 2.33. The van der Waals surface area contributed by atoms with Gasteiger partial charge < -0.3 is 18.9 Å². The zero-order valence-corrected chi connectivity index (χ0v) is 18.3. The van der Waals surface area contributed by atoms with Gasteiger partial charge in [-0.25, -0.2) is 0 Å². The lowest BCUT2D eigenvalue weighted by molar-refractivity contribution is 0.179. The minimum absolute atomic E-state index is 0.236. The lowest BCUT2D eigenvalue weighted by atomic mass is 10.3. The molecule has 31 heavy (non-hydrogen) atoms. The van der Waals surface area contributed by atoms with Crippen LogP contribution in [0.4, 0.5) is 0 Å². The molecule has 0 fully saturated rings. The van der Waals surface area contributed by atoms with Crippen molar-refractivity contribution in [3.8, 4) is 11.5 Å². The van der Waals surface area contributed by atoms with Crippen LogP contribution in [-0.2, 0) is 20.4 Å². The first-order valence-corrected chi connectivity index (χ1v) is 11.2. The summed E-state index contributed by atoms with van der Waals surface area (Å²) in [5.74, 6) is 1.64. The van der Waals surface area contributed by atoms with Crippen molar-refractivity contribution in [1.29, 1.82) is 0 Å². The molecule has 0 unspecified atom stereocenters. The maximum atomic E-state index is 5.72. The van der Waals surface area contributed by atoms with E-state index in [9.17, 15) is 0 Å². The van der Waals surface area contributed by atoms with Crippen LogP contribution >= 0.6 is 0 Å². The summed E-state index contributed by atoms with van der Waals surface area (Å²) in [6, 6.07) is 27.0. The Morgan fingerprint density at radius 2 is 0.968 bits per heavy atom. The second kappa shape index (κ2) is 12.4. The first-order valence-electron chi connectivity index (χ1n) is 10.0. The van der Waals surface area contributed by atoms with Crippen LogP contribution in [-0.4, -0.2) is 26.4 Å². The summed E-state index contributed by atoms with van der Waals surface area (Å²) in [4.78, 5) is 3.69. The summed E-state index contributed by atoms with van der Waals surface area (Å²) in [6.07, 6.45) is 2.84. The van der Waals surface area contributed by atoms with E-state index in [0.29, 0.717) is 26.4 Å². The van der Waals surface area contributed by atoms with Gasteiger partial charge >= 0.3 is 0 Å². The molecule has 3 aromatic carbocycles. The molecule has 0 aliphatic carbocycles. The van der Waals surface area contributed by atoms with Gasteiger partial charge in [-0.15, -0.1) is 0 Å². The van der Waals surface area contributed by atoms with Gasteiger partial charge in [0.25, 0.3) is 0 Å². The van der Waals surface area contributed by atoms with Crippen LogP contribution in [0.1, 0.15) is 0 Å². The number of ether oxygens (including phenoxy) is 4. The van der Waals surface area contributed by atoms with Crippen molar-refractivity contribution in [1.82, 2.24) is 0 Å². The molecule has 5 heteroatoms. The van der Waals surface area contributed by atoms with Gasteiger partial charge in [-0.1, -0.05) is 31.4 Å². The third kappa shape index (κ3) is 6.86. The van der Waals surface area contributed by atoms with Gasteiger partial charge in [0, 0.05) is 0 Å². The first kappa shape index (κ1) is 22.4. The number of rotatable bonds is 13. The summed E-state index contributed by atoms with van der Waals surface area (Å²) in [5, 5.41) is 0. The van der Waals surface area contributed by atoms with Crippen LogP contribution in [0.25, 0.3) is 0 Å². The average molecular weight is 436 g/mol. The molecule has 0 aliphatic heterocycles. The third-order valence-corrected chi connectivity index (χ3v) is 6.50. The average Bonchev–Trinajstić information content (AvgIpc) is 2.82. The maximum absolute atomic E-state index is 5.72. The van der Waals surface area contributed by atoms with Gasteiger partial charge in [0.2, 0.25) is 0 Å². The predicted molar refractivity (Wildman–Crippen MR) is 125 cm³/mol. The van der Waals surface area contributed by atoms with E-state index in [1.165, 1.54) is 27.2 Å². The van der Waals surface area contributed by atoms with Gasteiger partial charge in [-0.3, -0.25) is 0 Å². The lowest BCUT2D eigenvalue weighted by Crippen LogP contribution is -2.07. The van der Waals surface area contributed by atoms with Gasteiger partial charge in [0.1, 0.15) is 37.9 Å². The maximum Gasteiger partial charge on any atom is 0.166 e. The second-order valence-electron chi connectivity index (χ2n) is 6.33. The number of hydrogen-bond donors (Lipinski definition) is 0. The Morgan fingerprint density at radius 3 is 1.39 bits per heavy atom. The first-order chi connectivity index (χ1) is 15.3. The van der Waals surface area contributed by atoms with Crippen molar-refractivity contribution in [2.45, 2.75) is 14.7 Å². The summed E-state index contributed by atoms with van der Waals surface area (Å²) in [5.41, 5.74) is 0. The second-order valence-corrected chi connectivity index (χ2v) is 8.36. The van der Waals surface area contributed by atoms with Crippen molar-refractivity contribution >= 4 is 10.9 Å². The Bertz CT molecular complexity index is 864. The molecule has 4 nitrogen and oxygen atoms in total. The lowest BCUT2D eigenvalue weighted by Gasteiger charge is -2.11. The Morgan fingerprint density at radius 1 is 0.548 bits per heavy atom. The molecule has 0 aromatic heterocycles. The molecule has 0 radical (unpaired) electrons. The summed E-state index contributed by atoms with van der Waals surface area (Å²) in [6.45, 7) is 8.98. The number of hydrogen-bond acceptors (Lipinski definition) is 4. The van der Waals surface area contributed by atoms with Crippen LogP contribution < -0.4 is 9.47 Å². The fourth-order valence-corrected chi connectivity index (χ4v) is 4.95. The quantitative estimate of drug-likeness (QED) is 0.191. The van der Waals surface area contributed by atoms with Crippen LogP contribution in [0.15, 0.2) is 119 Å². The SMILES string of the molecule is C=COCCOc1ccc([S+](c2ccccc2)c2ccc(OCCOC=C)cc2)cc1. The van der Waals surface area contributed by atoms with E-state index in [0.717, 1.165) is 11.5 Å². The fraction of sp³-hybridized carbons (Fsp3) is 0.154. The predicted octanol–water partition coefficient (Wildman–Crippen LogP) is 5.86. The molecule has 3 rings (SSSR count). The zero-order valence-electron chi connectivity index (χ0n) is 17.4. The van der Waals surface area contributed by atoms with Crippen LogP contribution in [0.2, 0.25) is 0 Å². The summed E-state index contributed by atoms with van der Waals surface area (Å²) in [7, 11) is -0.236. The Labute approximate surface area is 187 Å². The Kier molecular flexibility index (Phi) is 8.95. The van der Waals surface area contributed by atoms with Crippen molar-refractivity contribution in [2.75, 3.05) is 26.4 Å². The molecular formula is C26H27O4S+. The van der Waals surface area contributed by atoms with E-state index >= 15 is 0 Å². The minimum Gasteiger partial charge on any atom is -0.498 e. The highest BCUT2D eigenvalue weighted by atomic mass is 32.2. The number of benzene rings is 3. The standard InChI is InChI=1S/C26H27O4S/c1-3-27-18-20-29-22-10-14-25(15-11-22)31(24-8-6-5-7-9-24)26-16-12-23(13-17-26)30-21-19-28-4-2/h3-17H,1-2,18-21H2/q+1. The van der Waals surface area contributed by atoms with E-state index in [1.54, 1.807) is 0 Å². The van der Waals surface area contributed by atoms with Crippen molar-refractivity contribution < 1.29 is 18.9 Å². The highest BCUT2D eigenvalue weighted by molar-refractivity contribution is 7.97. The van der Waals surface area contributed by atoms with Crippen LogP contribution in [0.5, 0.6) is 11.5 Å². The molecular weight excluding hydrogens is 408 g/mol. The molecule has 0 atom stereocenters. The zero-order chi connectivity index (χ0) is 21.7. The monoisotopic (exact) mass is 435 g/mol. The van der Waals surface area contributed by atoms with E-state index in [1.807, 2.05) is 30.3 Å². The van der Waals surface area contributed by atoms with Crippen molar-refractivity contribution in [3.63, 3.8) is 0 Å². The largest absolute Gasteiger partial charge is 0.498 e. The van der Waals surface area contributed by atoms with Gasteiger partial charge in [0.05, 0.1) is 23.4 Å². The van der Waals surface area contributed by atoms with Gasteiger partial charge in [-0.05, 0) is 60.7 Å². The molecule has 0 heterocycles. The molecule has 0 aliphatic rings. The summed E-state index contributed by atoms with van der Waals surface area (Å²) >= 11 is 0. The van der Waals surface area contributed by atoms with E-state index in [4.69, 9.17) is 18.9 Å². The van der Waals surface area contributed by atoms with E-state index in [2.05, 4.69) is 61.7 Å². The van der Waals surface area contributed by atoms with Crippen LogP contribution in [0, 0.1) is 0 Å². The van der Waals surface area contributed by atoms with E-state index < -0.39 is 0 Å². The van der Waals surface area contributed by atoms with Crippen LogP contribution in [0.3, 0.4) is 0 Å². The molecule has 0 saturated heterocycles. The topological polar surface area (TPSA) is 36.9 Å². The summed E-state index contributed by atoms with van der Waals surface area (Å²) < 4.78 is 21.6. The molecule has 0 saturated carbocycles. The van der Waals surface area contributed by atoms with Crippen molar-refractivity contribution in [2.24, 2.45) is 0 Å². The normalized spacial score (nSPS) is 10.4. The smallest absolute Gasteiger partial charge is 0.166 e. The molecule has 0 N–H and O–H groups in total. The highest BCUT2D eigenvalue weighted by Gasteiger charge is 2.28. The molecule has 3 aromatic rings. The van der Waals surface area contributed by atoms with Crippen molar-refractivity contribution in [3.05, 3.63) is 105 Å². The molecule has 160 valence electrons. The molecule has 0 spiro atoms. The Hall–Kier alpha value is -3.31. The van der Waals surface area contributed by atoms with Gasteiger partial charge in [-0.2, -0.15) is 0 Å². The molecule has 0 amide bonds. The fourth-order valence-electron chi connectivity index (χ4n) is 2.89. The van der Waals surface area contributed by atoms with E-state index in [-0.39, 0.29) is 10.9 Å². The van der Waals surface area contributed by atoms with Gasteiger partial charge in [0.15, 0.2) is 14.7 Å². The molecule has 0 bridgehead atoms. The minimum atomic E-state index is -0.236. The Balaban J connectivity index is 1.76.